The highest BCUT2D eigenvalue weighted by atomic mass is 16.2. The minimum Gasteiger partial charge on any atom is -0.369 e. The molecule has 1 fully saturated rings. The maximum atomic E-state index is 13.6. The number of benzene rings is 1. The molecular weight excluding hydrogens is 370 g/mol. The molecular formula is C26H43N3O. The van der Waals surface area contributed by atoms with Gasteiger partial charge in [0.1, 0.15) is 0 Å². The Kier molecular flexibility index (Phi) is 7.84. The quantitative estimate of drug-likeness (QED) is 0.487. The van der Waals surface area contributed by atoms with Gasteiger partial charge in [-0.05, 0) is 63.1 Å². The van der Waals surface area contributed by atoms with Crippen LogP contribution in [0.3, 0.4) is 0 Å². The number of nitrogens with zero attached hydrogens (tertiary/aromatic N) is 3. The summed E-state index contributed by atoms with van der Waals surface area (Å²) in [5.41, 5.74) is 6.58. The third-order valence-corrected chi connectivity index (χ3v) is 6.96. The van der Waals surface area contributed by atoms with Gasteiger partial charge in [0.25, 0.3) is 0 Å². The zero-order chi connectivity index (χ0) is 21.8. The molecule has 4 nitrogen and oxygen atoms in total. The third-order valence-electron chi connectivity index (χ3n) is 6.96. The first-order chi connectivity index (χ1) is 14.4. The number of anilines is 2. The summed E-state index contributed by atoms with van der Waals surface area (Å²) in [5.74, 6) is 0.214. The Morgan fingerprint density at radius 2 is 1.90 bits per heavy atom. The fourth-order valence-electron chi connectivity index (χ4n) is 5.22. The summed E-state index contributed by atoms with van der Waals surface area (Å²) in [5, 5.41) is 4.48. The van der Waals surface area contributed by atoms with Gasteiger partial charge in [-0.15, -0.1) is 0 Å². The van der Waals surface area contributed by atoms with Gasteiger partial charge in [-0.25, -0.2) is 10.0 Å². The van der Waals surface area contributed by atoms with E-state index in [-0.39, 0.29) is 11.8 Å². The Morgan fingerprint density at radius 1 is 1.13 bits per heavy atom. The molecule has 0 bridgehead atoms. The number of unbranched alkanes of at least 4 members (excludes halogenated alkanes) is 3. The molecule has 0 saturated carbocycles. The van der Waals surface area contributed by atoms with Gasteiger partial charge in [-0.3, -0.25) is 4.79 Å². The highest BCUT2D eigenvalue weighted by molar-refractivity contribution is 5.99. The molecule has 1 saturated heterocycles. The molecule has 0 aliphatic carbocycles. The van der Waals surface area contributed by atoms with E-state index in [9.17, 15) is 4.79 Å². The Bertz CT molecular complexity index is 742. The number of amides is 1. The first-order valence-corrected chi connectivity index (χ1v) is 12.3. The molecule has 0 aromatic heterocycles. The highest BCUT2D eigenvalue weighted by Crippen LogP contribution is 2.44. The molecule has 0 N–H and O–H groups in total. The smallest absolute Gasteiger partial charge is 0.244 e. The van der Waals surface area contributed by atoms with E-state index in [4.69, 9.17) is 0 Å². The van der Waals surface area contributed by atoms with E-state index >= 15 is 0 Å². The molecule has 1 unspecified atom stereocenters. The molecule has 2 aliphatic heterocycles. The summed E-state index contributed by atoms with van der Waals surface area (Å²) in [7, 11) is 0. The second-order valence-electron chi connectivity index (χ2n) is 9.80. The normalized spacial score (nSPS) is 19.4. The average molecular weight is 414 g/mol. The van der Waals surface area contributed by atoms with Gasteiger partial charge < -0.3 is 4.90 Å². The molecule has 1 aromatic rings. The lowest BCUT2D eigenvalue weighted by Crippen LogP contribution is -2.55. The molecule has 3 rings (SSSR count). The van der Waals surface area contributed by atoms with E-state index in [0.717, 1.165) is 38.2 Å². The van der Waals surface area contributed by atoms with Crippen LogP contribution in [-0.2, 0) is 11.2 Å². The molecule has 168 valence electrons. The predicted octanol–water partition coefficient (Wildman–Crippen LogP) is 6.02. The van der Waals surface area contributed by atoms with Crippen LogP contribution in [-0.4, -0.2) is 36.6 Å². The lowest BCUT2D eigenvalue weighted by atomic mass is 9.99. The number of hydrazine groups is 1. The van der Waals surface area contributed by atoms with Gasteiger partial charge in [0.2, 0.25) is 5.91 Å². The van der Waals surface area contributed by atoms with E-state index in [0.29, 0.717) is 6.04 Å². The fraction of sp³-hybridized carbons (Fsp3) is 0.731. The molecule has 1 aromatic carbocycles. The van der Waals surface area contributed by atoms with Crippen molar-refractivity contribution in [2.45, 2.75) is 99.0 Å². The summed E-state index contributed by atoms with van der Waals surface area (Å²) in [4.78, 5) is 16.2. The van der Waals surface area contributed by atoms with Gasteiger partial charge >= 0.3 is 0 Å². The van der Waals surface area contributed by atoms with Crippen molar-refractivity contribution in [3.8, 4) is 0 Å². The van der Waals surface area contributed by atoms with Crippen LogP contribution in [0.15, 0.2) is 6.07 Å². The average Bonchev–Trinajstić information content (AvgIpc) is 3.13. The van der Waals surface area contributed by atoms with Crippen LogP contribution in [0.4, 0.5) is 11.4 Å². The Morgan fingerprint density at radius 3 is 2.57 bits per heavy atom. The van der Waals surface area contributed by atoms with Crippen molar-refractivity contribution in [3.05, 3.63) is 22.8 Å². The Labute approximate surface area is 184 Å². The molecule has 4 heteroatoms. The van der Waals surface area contributed by atoms with Crippen molar-refractivity contribution in [2.24, 2.45) is 5.92 Å². The molecule has 0 spiro atoms. The summed E-state index contributed by atoms with van der Waals surface area (Å²) < 4.78 is 0. The first-order valence-electron chi connectivity index (χ1n) is 12.3. The van der Waals surface area contributed by atoms with Crippen LogP contribution < -0.4 is 9.91 Å². The number of carbonyl (C=O) groups excluding carboxylic acids is 1. The van der Waals surface area contributed by atoms with Crippen molar-refractivity contribution in [1.82, 2.24) is 5.01 Å². The maximum Gasteiger partial charge on any atom is 0.244 e. The topological polar surface area (TPSA) is 26.8 Å². The van der Waals surface area contributed by atoms with Crippen LogP contribution >= 0.6 is 0 Å². The zero-order valence-corrected chi connectivity index (χ0v) is 20.3. The van der Waals surface area contributed by atoms with Crippen LogP contribution in [0.5, 0.6) is 0 Å². The number of carbonyl (C=O) groups is 1. The van der Waals surface area contributed by atoms with Crippen molar-refractivity contribution < 1.29 is 4.79 Å². The minimum atomic E-state index is -0.0186. The van der Waals surface area contributed by atoms with Crippen molar-refractivity contribution in [1.29, 1.82) is 0 Å². The van der Waals surface area contributed by atoms with Crippen LogP contribution in [0, 0.1) is 19.8 Å². The molecule has 2 heterocycles. The van der Waals surface area contributed by atoms with Gasteiger partial charge in [0, 0.05) is 31.6 Å². The van der Waals surface area contributed by atoms with E-state index in [1.165, 1.54) is 60.9 Å². The third kappa shape index (κ3) is 4.69. The van der Waals surface area contributed by atoms with Crippen molar-refractivity contribution in [2.75, 3.05) is 29.5 Å². The largest absolute Gasteiger partial charge is 0.369 e. The zero-order valence-electron chi connectivity index (χ0n) is 20.3. The molecule has 0 radical (unpaired) electrons. The van der Waals surface area contributed by atoms with Crippen molar-refractivity contribution >= 4 is 17.3 Å². The highest BCUT2D eigenvalue weighted by Gasteiger charge is 2.36. The van der Waals surface area contributed by atoms with Gasteiger partial charge in [0.05, 0.1) is 11.4 Å². The lowest BCUT2D eigenvalue weighted by molar-refractivity contribution is -0.125. The maximum absolute atomic E-state index is 13.6. The van der Waals surface area contributed by atoms with E-state index in [1.54, 1.807) is 0 Å². The molecule has 1 amide bonds. The molecule has 1 atom stereocenters. The number of hydrogen-bond donors (Lipinski definition) is 0. The number of rotatable bonds is 8. The number of aryl methyl sites for hydroxylation is 2. The van der Waals surface area contributed by atoms with E-state index in [2.05, 4.69) is 48.7 Å². The van der Waals surface area contributed by atoms with Gasteiger partial charge in [-0.2, -0.15) is 0 Å². The van der Waals surface area contributed by atoms with Crippen LogP contribution in [0.2, 0.25) is 0 Å². The van der Waals surface area contributed by atoms with Crippen LogP contribution in [0.1, 0.15) is 89.3 Å². The summed E-state index contributed by atoms with van der Waals surface area (Å²) >= 11 is 0. The summed E-state index contributed by atoms with van der Waals surface area (Å²) in [6.07, 6.45) is 9.79. The standard InChI is InChI=1S/C26H43N3O/c1-7-8-9-11-15-27-17-14-23-20(4)18-21(5)24(25(23)27)29(26(30)19(2)3)28-16-12-10-13-22(28)6/h18-19,22H,7-17H2,1-6H3. The Hall–Kier alpha value is -1.55. The second kappa shape index (κ2) is 10.2. The predicted molar refractivity (Wildman–Crippen MR) is 128 cm³/mol. The van der Waals surface area contributed by atoms with E-state index < -0.39 is 0 Å². The fourth-order valence-corrected chi connectivity index (χ4v) is 5.22. The Balaban J connectivity index is 2.05. The van der Waals surface area contributed by atoms with Crippen molar-refractivity contribution in [3.63, 3.8) is 0 Å². The number of fused-ring (bicyclic) bond motifs is 1. The van der Waals surface area contributed by atoms with Crippen LogP contribution in [0.25, 0.3) is 0 Å². The lowest BCUT2D eigenvalue weighted by Gasteiger charge is -2.44. The molecule has 30 heavy (non-hydrogen) atoms. The number of hydrogen-bond acceptors (Lipinski definition) is 3. The first kappa shape index (κ1) is 23.1. The monoisotopic (exact) mass is 413 g/mol. The van der Waals surface area contributed by atoms with Gasteiger partial charge in [0.15, 0.2) is 0 Å². The summed E-state index contributed by atoms with van der Waals surface area (Å²) in [6, 6.07) is 2.71. The SMILES string of the molecule is CCCCCCN1CCc2c(C)cc(C)c(N(C(=O)C(C)C)N3CCCCC3C)c21. The minimum absolute atomic E-state index is 0.0186. The second-order valence-corrected chi connectivity index (χ2v) is 9.80. The molecule has 2 aliphatic rings. The van der Waals surface area contributed by atoms with E-state index in [1.807, 2.05) is 13.8 Å². The summed E-state index contributed by atoms with van der Waals surface area (Å²) in [6.45, 7) is 16.2. The number of piperidine rings is 1. The van der Waals surface area contributed by atoms with Gasteiger partial charge in [-0.1, -0.05) is 52.5 Å².